The minimum absolute atomic E-state index is 0.0271. The number of ether oxygens (including phenoxy) is 2. The number of hydrazine groups is 1. The van der Waals surface area contributed by atoms with Crippen molar-refractivity contribution in [3.63, 3.8) is 0 Å². The highest BCUT2D eigenvalue weighted by Gasteiger charge is 2.28. The van der Waals surface area contributed by atoms with Gasteiger partial charge in [0.05, 0.1) is 54.2 Å². The van der Waals surface area contributed by atoms with E-state index >= 15 is 0 Å². The van der Waals surface area contributed by atoms with E-state index in [1.165, 1.54) is 6.20 Å². The molecule has 0 saturated carbocycles. The molecule has 0 aliphatic heterocycles. The van der Waals surface area contributed by atoms with Gasteiger partial charge in [-0.05, 0) is 105 Å². The van der Waals surface area contributed by atoms with E-state index in [4.69, 9.17) is 26.0 Å². The predicted molar refractivity (Wildman–Crippen MR) is 267 cm³/mol. The lowest BCUT2D eigenvalue weighted by molar-refractivity contribution is -0.144. The molecule has 5 aromatic rings. The monoisotopic (exact) mass is 993 g/mol. The van der Waals surface area contributed by atoms with Gasteiger partial charge in [0.2, 0.25) is 23.6 Å². The molecule has 0 fully saturated rings. The van der Waals surface area contributed by atoms with Gasteiger partial charge in [-0.3, -0.25) is 28.8 Å². The van der Waals surface area contributed by atoms with Crippen molar-refractivity contribution in [2.24, 2.45) is 11.7 Å². The maximum Gasteiger partial charge on any atom is 0.320 e. The smallest absolute Gasteiger partial charge is 0.320 e. The third kappa shape index (κ3) is 18.6. The molecule has 0 spiro atoms. The third-order valence-electron chi connectivity index (χ3n) is 11.4. The second-order valence-electron chi connectivity index (χ2n) is 17.4. The van der Waals surface area contributed by atoms with E-state index in [9.17, 15) is 33.9 Å². The molecule has 72 heavy (non-hydrogen) atoms. The summed E-state index contributed by atoms with van der Waals surface area (Å²) >= 11 is 0. The van der Waals surface area contributed by atoms with Crippen LogP contribution in [0.4, 0.5) is 28.6 Å². The maximum atomic E-state index is 12.7. The van der Waals surface area contributed by atoms with E-state index < -0.39 is 41.4 Å². The Hall–Kier alpha value is -8.18. The van der Waals surface area contributed by atoms with Crippen LogP contribution in [0.1, 0.15) is 82.5 Å². The number of amides is 4. The second-order valence-corrected chi connectivity index (χ2v) is 17.4. The van der Waals surface area contributed by atoms with Crippen molar-refractivity contribution in [1.29, 1.82) is 0 Å². The van der Waals surface area contributed by atoms with Crippen molar-refractivity contribution in [1.82, 2.24) is 35.6 Å². The molecule has 0 aliphatic rings. The van der Waals surface area contributed by atoms with Gasteiger partial charge >= 0.3 is 17.9 Å². The molecule has 0 saturated heterocycles. The van der Waals surface area contributed by atoms with Gasteiger partial charge in [-0.25, -0.2) is 9.67 Å². The van der Waals surface area contributed by atoms with Crippen LogP contribution in [0, 0.1) is 5.92 Å². The highest BCUT2D eigenvalue weighted by Crippen LogP contribution is 2.23. The van der Waals surface area contributed by atoms with Gasteiger partial charge in [0.1, 0.15) is 18.5 Å². The number of benzene rings is 3. The van der Waals surface area contributed by atoms with Gasteiger partial charge in [0.25, 0.3) is 0 Å². The molecule has 23 nitrogen and oxygen atoms in total. The van der Waals surface area contributed by atoms with Crippen LogP contribution in [0.2, 0.25) is 0 Å². The maximum absolute atomic E-state index is 12.7. The zero-order valence-electron chi connectivity index (χ0n) is 40.4. The zero-order chi connectivity index (χ0) is 52.0. The predicted octanol–water partition coefficient (Wildman–Crippen LogP) is 4.20. The quantitative estimate of drug-likeness (QED) is 0.0288. The number of carbonyl (C=O) groups excluding carboxylic acids is 4. The van der Waals surface area contributed by atoms with E-state index in [0.29, 0.717) is 53.6 Å². The van der Waals surface area contributed by atoms with Gasteiger partial charge in [-0.15, -0.1) is 5.10 Å². The van der Waals surface area contributed by atoms with E-state index in [2.05, 4.69) is 52.4 Å². The molecule has 3 aromatic carbocycles. The third-order valence-corrected chi connectivity index (χ3v) is 11.4. The van der Waals surface area contributed by atoms with Gasteiger partial charge in [0.15, 0.2) is 0 Å². The van der Waals surface area contributed by atoms with Crippen molar-refractivity contribution in [2.75, 3.05) is 40.4 Å². The molecule has 0 bridgehead atoms. The van der Waals surface area contributed by atoms with Crippen LogP contribution in [0.25, 0.3) is 0 Å². The number of carboxylic acids is 2. The lowest BCUT2D eigenvalue weighted by atomic mass is 9.94. The Morgan fingerprint density at radius 1 is 0.778 bits per heavy atom. The van der Waals surface area contributed by atoms with E-state index in [0.717, 1.165) is 11.1 Å². The summed E-state index contributed by atoms with van der Waals surface area (Å²) in [6, 6.07) is 21.9. The number of anilines is 5. The largest absolute Gasteiger partial charge is 0.481 e. The lowest BCUT2D eigenvalue weighted by Gasteiger charge is -2.29. The molecule has 2 heterocycles. The van der Waals surface area contributed by atoms with Crippen molar-refractivity contribution in [2.45, 2.75) is 103 Å². The van der Waals surface area contributed by atoms with Crippen molar-refractivity contribution in [3.8, 4) is 6.01 Å². The molecule has 12 N–H and O–H groups in total. The molecule has 384 valence electrons. The van der Waals surface area contributed by atoms with Crippen LogP contribution in [0.3, 0.4) is 0 Å². The van der Waals surface area contributed by atoms with Crippen molar-refractivity contribution < 1.29 is 48.5 Å². The zero-order valence-corrected chi connectivity index (χ0v) is 40.4. The number of carboxylic acid groups (broad SMARTS) is 2. The van der Waals surface area contributed by atoms with Crippen LogP contribution >= 0.6 is 0 Å². The Kier molecular flexibility index (Phi) is 20.7. The minimum atomic E-state index is -1.29. The number of hydrogen-bond acceptors (Lipinski definition) is 16. The Morgan fingerprint density at radius 2 is 1.40 bits per heavy atom. The summed E-state index contributed by atoms with van der Waals surface area (Å²) in [6.45, 7) is 6.40. The topological polar surface area (TPSA) is 342 Å². The summed E-state index contributed by atoms with van der Waals surface area (Å²) in [7, 11) is 0. The summed E-state index contributed by atoms with van der Waals surface area (Å²) < 4.78 is 13.4. The number of rotatable bonds is 30. The lowest BCUT2D eigenvalue weighted by Crippen LogP contribution is -2.38. The molecule has 4 amide bonds. The number of aliphatic carboxylic acids is 2. The first-order valence-electron chi connectivity index (χ1n) is 23.4. The molecule has 4 atom stereocenters. The number of aromatic nitrogens is 5. The summed E-state index contributed by atoms with van der Waals surface area (Å²) in [6.07, 6.45) is 4.38. The SMILES string of the molecule is CCC(C)(COC(C)CC(=O)NCC(=O)Nc1ccc(NNc2ccc(NC(=O)CCC[C@@H](C[C@H](N)C(=O)O)C(=O)O)cc2)cc1)n1cc(CCC(=O)NCc2ccc(COc3nccc(N)n3)cc2)nn1. The number of hydrogen-bond donors (Lipinski definition) is 10. The summed E-state index contributed by atoms with van der Waals surface area (Å²) in [5, 5.41) is 38.0. The Labute approximate surface area is 416 Å². The minimum Gasteiger partial charge on any atom is -0.481 e. The average molecular weight is 994 g/mol. The van der Waals surface area contributed by atoms with Gasteiger partial charge < -0.3 is 63.3 Å². The molecular weight excluding hydrogens is 931 g/mol. The Bertz CT molecular complexity index is 2580. The molecule has 5 rings (SSSR count). The van der Waals surface area contributed by atoms with Crippen LogP contribution in [-0.4, -0.2) is 96.0 Å². The van der Waals surface area contributed by atoms with Gasteiger partial charge in [-0.2, -0.15) is 4.98 Å². The number of nitrogens with two attached hydrogens (primary N) is 2. The normalized spacial score (nSPS) is 13.1. The molecule has 0 radical (unpaired) electrons. The fourth-order valence-electron chi connectivity index (χ4n) is 6.86. The Balaban J connectivity index is 0.933. The van der Waals surface area contributed by atoms with Crippen LogP contribution < -0.4 is 48.3 Å². The van der Waals surface area contributed by atoms with Crippen LogP contribution in [0.15, 0.2) is 91.3 Å². The first kappa shape index (κ1) is 54.8. The fourth-order valence-corrected chi connectivity index (χ4v) is 6.86. The molecular formula is C49H63N13O10. The number of nitrogen functional groups attached to an aromatic ring is 1. The molecule has 2 unspecified atom stereocenters. The number of carbonyl (C=O) groups is 6. The van der Waals surface area contributed by atoms with Crippen molar-refractivity contribution in [3.05, 3.63) is 108 Å². The highest BCUT2D eigenvalue weighted by molar-refractivity contribution is 5.94. The average Bonchev–Trinajstić information content (AvgIpc) is 3.85. The first-order chi connectivity index (χ1) is 34.5. The summed E-state index contributed by atoms with van der Waals surface area (Å²) in [4.78, 5) is 80.9. The number of nitrogens with zero attached hydrogens (tertiary/aromatic N) is 5. The van der Waals surface area contributed by atoms with Crippen LogP contribution in [-0.2, 0) is 58.6 Å². The Morgan fingerprint density at radius 3 is 2.01 bits per heavy atom. The van der Waals surface area contributed by atoms with Gasteiger partial charge in [0, 0.05) is 49.6 Å². The highest BCUT2D eigenvalue weighted by atomic mass is 16.5. The van der Waals surface area contributed by atoms with E-state index in [1.54, 1.807) is 66.2 Å². The first-order valence-corrected chi connectivity index (χ1v) is 23.4. The summed E-state index contributed by atoms with van der Waals surface area (Å²) in [5.74, 6) is -4.27. The van der Waals surface area contributed by atoms with Crippen LogP contribution in [0.5, 0.6) is 6.01 Å². The number of nitrogens with one attached hydrogen (secondary N) is 6. The fraction of sp³-hybridized carbons (Fsp3) is 0.388. The van der Waals surface area contributed by atoms with Crippen molar-refractivity contribution >= 4 is 64.1 Å². The van der Waals surface area contributed by atoms with Gasteiger partial charge in [-0.1, -0.05) is 36.4 Å². The molecule has 23 heteroatoms. The second kappa shape index (κ2) is 27.3. The summed E-state index contributed by atoms with van der Waals surface area (Å²) in [5.41, 5.74) is 21.6. The standard InChI is InChI=1S/C49H63N13O10/c1-4-49(3,62-28-39(60-61-62)20-21-42(63)53-26-32-8-10-33(11-9-32)29-71-48-52-23-22-41(51)57-48)30-72-31(2)24-44(65)54-27-45(66)56-36-14-18-38(19-15-36)59-58-37-16-12-35(13-17-37)55-43(64)7-5-6-34(46(67)68)25-40(50)47(69)70/h8-19,22-23,28,31,34,40,58-59H,4-7,20-21,24-27,29-30,50H2,1-3H3,(H,53,63)(H,54,65)(H,55,64)(H,56,66)(H,67,68)(H,69,70)(H2,51,52,57)/t31?,34-,40-,49?/m0/s1. The van der Waals surface area contributed by atoms with E-state index in [-0.39, 0.29) is 82.0 Å². The van der Waals surface area contributed by atoms with E-state index in [1.807, 2.05) is 44.3 Å². The number of aryl methyl sites for hydroxylation is 1. The molecule has 0 aliphatic carbocycles. The molecule has 2 aromatic heterocycles.